The first kappa shape index (κ1) is 23.5. The van der Waals surface area contributed by atoms with Gasteiger partial charge in [-0.2, -0.15) is 4.31 Å². The molecule has 1 heterocycles. The lowest BCUT2D eigenvalue weighted by Gasteiger charge is -2.36. The highest BCUT2D eigenvalue weighted by molar-refractivity contribution is 7.89. The molecule has 0 saturated carbocycles. The van der Waals surface area contributed by atoms with Crippen LogP contribution in [0.1, 0.15) is 35.6 Å². The SMILES string of the molecule is O=C(CC1c2ccccc2CCN1S(=O)(=O)c1ccc(Cl)cc1)NCCCc1ccccc1. The van der Waals surface area contributed by atoms with Gasteiger partial charge in [0.15, 0.2) is 0 Å². The zero-order valence-corrected chi connectivity index (χ0v) is 19.9. The van der Waals surface area contributed by atoms with E-state index in [1.54, 1.807) is 12.1 Å². The number of rotatable bonds is 8. The molecule has 1 atom stereocenters. The molecule has 7 heteroatoms. The summed E-state index contributed by atoms with van der Waals surface area (Å²) >= 11 is 5.95. The second-order valence-electron chi connectivity index (χ2n) is 8.18. The van der Waals surface area contributed by atoms with Crippen LogP contribution in [0.15, 0.2) is 83.8 Å². The van der Waals surface area contributed by atoms with Crippen LogP contribution in [0, 0.1) is 0 Å². The van der Waals surface area contributed by atoms with E-state index in [1.165, 1.54) is 22.0 Å². The molecule has 1 N–H and O–H groups in total. The minimum Gasteiger partial charge on any atom is -0.356 e. The molecule has 33 heavy (non-hydrogen) atoms. The molecule has 1 amide bonds. The lowest BCUT2D eigenvalue weighted by Crippen LogP contribution is -2.42. The zero-order chi connectivity index (χ0) is 23.3. The van der Waals surface area contributed by atoms with E-state index in [1.807, 2.05) is 42.5 Å². The van der Waals surface area contributed by atoms with E-state index >= 15 is 0 Å². The fraction of sp³-hybridized carbons (Fsp3) is 0.269. The number of fused-ring (bicyclic) bond motifs is 1. The van der Waals surface area contributed by atoms with Crippen LogP contribution in [-0.4, -0.2) is 31.7 Å². The summed E-state index contributed by atoms with van der Waals surface area (Å²) in [5.74, 6) is -0.152. The van der Waals surface area contributed by atoms with Gasteiger partial charge in [-0.05, 0) is 60.2 Å². The van der Waals surface area contributed by atoms with Crippen LogP contribution in [0.25, 0.3) is 0 Å². The predicted molar refractivity (Wildman–Crippen MR) is 131 cm³/mol. The Balaban J connectivity index is 1.48. The van der Waals surface area contributed by atoms with Crippen LogP contribution >= 0.6 is 11.6 Å². The number of benzene rings is 3. The van der Waals surface area contributed by atoms with Crippen molar-refractivity contribution in [2.45, 2.75) is 36.6 Å². The van der Waals surface area contributed by atoms with Crippen molar-refractivity contribution >= 4 is 27.5 Å². The minimum atomic E-state index is -3.78. The number of carbonyl (C=O) groups is 1. The Morgan fingerprint density at radius 3 is 2.42 bits per heavy atom. The van der Waals surface area contributed by atoms with Crippen LogP contribution in [0.5, 0.6) is 0 Å². The Morgan fingerprint density at radius 1 is 0.970 bits per heavy atom. The Morgan fingerprint density at radius 2 is 1.67 bits per heavy atom. The molecule has 0 radical (unpaired) electrons. The molecular weight excluding hydrogens is 456 g/mol. The first-order valence-corrected chi connectivity index (χ1v) is 12.9. The van der Waals surface area contributed by atoms with Crippen molar-refractivity contribution < 1.29 is 13.2 Å². The van der Waals surface area contributed by atoms with Gasteiger partial charge in [-0.1, -0.05) is 66.2 Å². The number of halogens is 1. The highest BCUT2D eigenvalue weighted by Crippen LogP contribution is 2.36. The van der Waals surface area contributed by atoms with Crippen molar-refractivity contribution in [1.82, 2.24) is 9.62 Å². The van der Waals surface area contributed by atoms with Gasteiger partial charge in [-0.15, -0.1) is 0 Å². The van der Waals surface area contributed by atoms with Gasteiger partial charge in [0.05, 0.1) is 10.9 Å². The smallest absolute Gasteiger partial charge is 0.243 e. The Hall–Kier alpha value is -2.67. The highest BCUT2D eigenvalue weighted by atomic mass is 35.5. The molecule has 0 saturated heterocycles. The quantitative estimate of drug-likeness (QED) is 0.470. The van der Waals surface area contributed by atoms with Gasteiger partial charge in [0, 0.05) is 24.5 Å². The molecule has 1 unspecified atom stereocenters. The second kappa shape index (κ2) is 10.5. The van der Waals surface area contributed by atoms with Crippen LogP contribution in [0.2, 0.25) is 5.02 Å². The van der Waals surface area contributed by atoms with E-state index in [9.17, 15) is 13.2 Å². The third-order valence-electron chi connectivity index (χ3n) is 5.97. The molecule has 0 bridgehead atoms. The summed E-state index contributed by atoms with van der Waals surface area (Å²) in [6, 6.07) is 23.5. The maximum absolute atomic E-state index is 13.5. The van der Waals surface area contributed by atoms with Crippen LogP contribution in [0.3, 0.4) is 0 Å². The van der Waals surface area contributed by atoms with Crippen molar-refractivity contribution in [3.63, 3.8) is 0 Å². The summed E-state index contributed by atoms with van der Waals surface area (Å²) in [4.78, 5) is 13.0. The highest BCUT2D eigenvalue weighted by Gasteiger charge is 2.37. The van der Waals surface area contributed by atoms with E-state index in [4.69, 9.17) is 11.6 Å². The van der Waals surface area contributed by atoms with Crippen molar-refractivity contribution in [2.75, 3.05) is 13.1 Å². The van der Waals surface area contributed by atoms with Gasteiger partial charge in [0.25, 0.3) is 0 Å². The van der Waals surface area contributed by atoms with Crippen molar-refractivity contribution in [1.29, 1.82) is 0 Å². The summed E-state index contributed by atoms with van der Waals surface area (Å²) in [7, 11) is -3.78. The standard InChI is InChI=1S/C26H27ClN2O3S/c27-22-12-14-23(15-13-22)33(31,32)29-18-16-21-10-4-5-11-24(21)25(29)19-26(30)28-17-6-9-20-7-2-1-3-8-20/h1-5,7-8,10-15,25H,6,9,16-19H2,(H,28,30). The minimum absolute atomic E-state index is 0.0785. The molecule has 0 spiro atoms. The summed E-state index contributed by atoms with van der Waals surface area (Å²) in [6.45, 7) is 0.875. The molecule has 5 nitrogen and oxygen atoms in total. The number of nitrogens with zero attached hydrogens (tertiary/aromatic N) is 1. The fourth-order valence-electron chi connectivity index (χ4n) is 4.28. The molecule has 4 rings (SSSR count). The van der Waals surface area contributed by atoms with E-state index in [0.717, 1.165) is 24.0 Å². The second-order valence-corrected chi connectivity index (χ2v) is 10.5. The number of hydrogen-bond donors (Lipinski definition) is 1. The first-order chi connectivity index (χ1) is 15.9. The molecule has 1 aliphatic rings. The molecular formula is C26H27ClN2O3S. The molecule has 0 fully saturated rings. The molecule has 0 aromatic heterocycles. The maximum Gasteiger partial charge on any atom is 0.243 e. The average Bonchev–Trinajstić information content (AvgIpc) is 2.83. The number of hydrogen-bond acceptors (Lipinski definition) is 3. The first-order valence-electron chi connectivity index (χ1n) is 11.1. The van der Waals surface area contributed by atoms with Gasteiger partial charge in [-0.25, -0.2) is 8.42 Å². The van der Waals surface area contributed by atoms with Crippen LogP contribution in [-0.2, 0) is 27.7 Å². The van der Waals surface area contributed by atoms with Crippen LogP contribution in [0.4, 0.5) is 0 Å². The van der Waals surface area contributed by atoms with Gasteiger partial charge in [-0.3, -0.25) is 4.79 Å². The maximum atomic E-state index is 13.5. The Labute approximate surface area is 200 Å². The molecule has 3 aromatic carbocycles. The van der Waals surface area contributed by atoms with Crippen molar-refractivity contribution in [2.24, 2.45) is 0 Å². The fourth-order valence-corrected chi connectivity index (χ4v) is 6.01. The van der Waals surface area contributed by atoms with Gasteiger partial charge < -0.3 is 5.32 Å². The molecule has 172 valence electrons. The summed E-state index contributed by atoms with van der Waals surface area (Å²) < 4.78 is 28.4. The van der Waals surface area contributed by atoms with E-state index in [2.05, 4.69) is 17.4 Å². The van der Waals surface area contributed by atoms with Crippen molar-refractivity contribution in [3.05, 3.63) is 101 Å². The number of amides is 1. The van der Waals surface area contributed by atoms with Gasteiger partial charge >= 0.3 is 0 Å². The molecule has 1 aliphatic heterocycles. The topological polar surface area (TPSA) is 66.5 Å². The molecule has 3 aromatic rings. The van der Waals surface area contributed by atoms with E-state index < -0.39 is 16.1 Å². The summed E-state index contributed by atoms with van der Waals surface area (Å²) in [5.41, 5.74) is 3.20. The zero-order valence-electron chi connectivity index (χ0n) is 18.3. The third-order valence-corrected chi connectivity index (χ3v) is 8.14. The number of aryl methyl sites for hydroxylation is 1. The van der Waals surface area contributed by atoms with Crippen molar-refractivity contribution in [3.8, 4) is 0 Å². The molecule has 0 aliphatic carbocycles. The third kappa shape index (κ3) is 5.64. The number of sulfonamides is 1. The van der Waals surface area contributed by atoms with Gasteiger partial charge in [0.1, 0.15) is 0 Å². The van der Waals surface area contributed by atoms with E-state index in [-0.39, 0.29) is 17.2 Å². The normalized spacial score (nSPS) is 16.2. The average molecular weight is 483 g/mol. The van der Waals surface area contributed by atoms with E-state index in [0.29, 0.717) is 24.5 Å². The Kier molecular flexibility index (Phi) is 7.48. The largest absolute Gasteiger partial charge is 0.356 e. The predicted octanol–water partition coefficient (Wildman–Crippen LogP) is 4.77. The summed E-state index contributed by atoms with van der Waals surface area (Å²) in [6.07, 6.45) is 2.39. The lowest BCUT2D eigenvalue weighted by molar-refractivity contribution is -0.122. The Bertz CT molecular complexity index is 1200. The number of carbonyl (C=O) groups excluding carboxylic acids is 1. The van der Waals surface area contributed by atoms with Gasteiger partial charge in [0.2, 0.25) is 15.9 Å². The lowest BCUT2D eigenvalue weighted by atomic mass is 9.92. The number of nitrogens with one attached hydrogen (secondary N) is 1. The van der Waals surface area contributed by atoms with Crippen LogP contribution < -0.4 is 5.32 Å². The monoisotopic (exact) mass is 482 g/mol. The summed E-state index contributed by atoms with van der Waals surface area (Å²) in [5, 5.41) is 3.45.